The number of benzene rings is 3. The number of hydrogen-bond acceptors (Lipinski definition) is 7. The monoisotopic (exact) mass is 618 g/mol. The molecule has 2 aliphatic rings. The van der Waals surface area contributed by atoms with Crippen LogP contribution in [0.5, 0.6) is 17.2 Å². The van der Waals surface area contributed by atoms with E-state index in [1.807, 2.05) is 0 Å². The Labute approximate surface area is 251 Å². The molecule has 5 rings (SSSR count). The van der Waals surface area contributed by atoms with Crippen LogP contribution in [-0.2, 0) is 26.9 Å². The molecule has 0 saturated heterocycles. The predicted molar refractivity (Wildman–Crippen MR) is 154 cm³/mol. The minimum absolute atomic E-state index is 0.0360. The van der Waals surface area contributed by atoms with E-state index in [9.17, 15) is 22.8 Å². The molecule has 3 aromatic rings. The third kappa shape index (κ3) is 6.61. The van der Waals surface area contributed by atoms with E-state index in [4.69, 9.17) is 30.5 Å². The smallest absolute Gasteiger partial charge is 0.420 e. The van der Waals surface area contributed by atoms with Crippen LogP contribution in [0, 0.1) is 11.8 Å². The zero-order chi connectivity index (χ0) is 30.9. The van der Waals surface area contributed by atoms with E-state index < -0.39 is 23.7 Å². The Morgan fingerprint density at radius 1 is 1.02 bits per heavy atom. The van der Waals surface area contributed by atoms with Crippen molar-refractivity contribution in [2.45, 2.75) is 25.1 Å². The lowest BCUT2D eigenvalue weighted by Crippen LogP contribution is -2.37. The number of hydrogen-bond donors (Lipinski definition) is 1. The number of carbonyl (C=O) groups is 2. The van der Waals surface area contributed by atoms with Crippen molar-refractivity contribution in [2.75, 3.05) is 44.7 Å². The summed E-state index contributed by atoms with van der Waals surface area (Å²) in [6.45, 7) is 0.487. The molecule has 8 nitrogen and oxygen atoms in total. The van der Waals surface area contributed by atoms with Gasteiger partial charge in [-0.3, -0.25) is 9.59 Å². The molecule has 1 amide bonds. The van der Waals surface area contributed by atoms with Gasteiger partial charge in [0.2, 0.25) is 0 Å². The molecule has 1 aliphatic carbocycles. The number of fused-ring (bicyclic) bond motifs is 1. The standard InChI is InChI=1S/C31H30ClF3N2O6/c1-40-22-12-21(13-23(14-22)43-16-19-10-24(19)30(39)42-3)36-28(17-4-6-20(32)7-5-17)29(38)37-9-8-18-11-27(41-2)25(15-26(18)37)31(33,34)35/h4-7,11-15,19,24,28,36H,8-10,16H2,1-3H3/t19-,24+,28?/m1/s1. The zero-order valence-corrected chi connectivity index (χ0v) is 24.4. The molecule has 1 unspecified atom stereocenters. The second-order valence-electron chi connectivity index (χ2n) is 10.4. The van der Waals surface area contributed by atoms with Crippen molar-refractivity contribution in [3.05, 3.63) is 76.3 Å². The second-order valence-corrected chi connectivity index (χ2v) is 10.8. The van der Waals surface area contributed by atoms with E-state index in [0.29, 0.717) is 52.8 Å². The van der Waals surface area contributed by atoms with Gasteiger partial charge in [0.15, 0.2) is 0 Å². The maximum atomic E-state index is 14.1. The van der Waals surface area contributed by atoms with Gasteiger partial charge < -0.3 is 29.2 Å². The first-order valence-electron chi connectivity index (χ1n) is 13.5. The fraction of sp³-hybridized carbons (Fsp3) is 0.355. The lowest BCUT2D eigenvalue weighted by atomic mass is 10.0. The van der Waals surface area contributed by atoms with Crippen molar-refractivity contribution >= 4 is 34.9 Å². The lowest BCUT2D eigenvalue weighted by Gasteiger charge is -2.27. The summed E-state index contributed by atoms with van der Waals surface area (Å²) in [5.74, 6) is -0.265. The number of methoxy groups -OCH3 is 3. The topological polar surface area (TPSA) is 86.3 Å². The second kappa shape index (κ2) is 12.2. The molecule has 1 heterocycles. The number of rotatable bonds is 10. The van der Waals surface area contributed by atoms with E-state index in [-0.39, 0.29) is 35.8 Å². The molecule has 3 aromatic carbocycles. The third-order valence-corrected chi connectivity index (χ3v) is 7.89. The Morgan fingerprint density at radius 2 is 1.74 bits per heavy atom. The first-order chi connectivity index (χ1) is 20.5. The van der Waals surface area contributed by atoms with Crippen LogP contribution < -0.4 is 24.4 Å². The Hall–Kier alpha value is -4.12. The van der Waals surface area contributed by atoms with Crippen LogP contribution in [0.15, 0.2) is 54.6 Å². The number of nitrogens with one attached hydrogen (secondary N) is 1. The van der Waals surface area contributed by atoms with Crippen LogP contribution in [-0.4, -0.2) is 46.4 Å². The normalized spacial score (nSPS) is 18.0. The quantitative estimate of drug-likeness (QED) is 0.267. The number of anilines is 2. The van der Waals surface area contributed by atoms with Gasteiger partial charge in [0.05, 0.1) is 39.4 Å². The number of ether oxygens (including phenoxy) is 4. The van der Waals surface area contributed by atoms with Gasteiger partial charge in [-0.25, -0.2) is 0 Å². The van der Waals surface area contributed by atoms with Crippen molar-refractivity contribution in [2.24, 2.45) is 11.8 Å². The van der Waals surface area contributed by atoms with Crippen LogP contribution in [0.3, 0.4) is 0 Å². The highest BCUT2D eigenvalue weighted by atomic mass is 35.5. The molecule has 1 fully saturated rings. The van der Waals surface area contributed by atoms with E-state index in [1.54, 1.807) is 42.5 Å². The zero-order valence-electron chi connectivity index (χ0n) is 23.7. The number of nitrogens with zero attached hydrogens (tertiary/aromatic N) is 1. The van der Waals surface area contributed by atoms with Gasteiger partial charge in [-0.2, -0.15) is 13.2 Å². The van der Waals surface area contributed by atoms with Gasteiger partial charge >= 0.3 is 12.1 Å². The van der Waals surface area contributed by atoms with Crippen molar-refractivity contribution in [1.29, 1.82) is 0 Å². The summed E-state index contributed by atoms with van der Waals surface area (Å²) < 4.78 is 62.7. The Balaban J connectivity index is 1.44. The number of esters is 1. The summed E-state index contributed by atoms with van der Waals surface area (Å²) in [5, 5.41) is 3.69. The number of amides is 1. The van der Waals surface area contributed by atoms with E-state index >= 15 is 0 Å². The molecule has 0 radical (unpaired) electrons. The van der Waals surface area contributed by atoms with Gasteiger partial charge in [0.1, 0.15) is 23.3 Å². The minimum Gasteiger partial charge on any atom is -0.497 e. The van der Waals surface area contributed by atoms with E-state index in [0.717, 1.165) is 6.07 Å². The maximum absolute atomic E-state index is 14.1. The average molecular weight is 619 g/mol. The van der Waals surface area contributed by atoms with Crippen LogP contribution in [0.4, 0.5) is 24.5 Å². The summed E-state index contributed by atoms with van der Waals surface area (Å²) in [6.07, 6.45) is -3.62. The first-order valence-corrected chi connectivity index (χ1v) is 13.9. The maximum Gasteiger partial charge on any atom is 0.420 e. The molecule has 0 spiro atoms. The molecule has 43 heavy (non-hydrogen) atoms. The average Bonchev–Trinajstić information content (AvgIpc) is 3.66. The molecule has 0 bridgehead atoms. The molecule has 0 aromatic heterocycles. The SMILES string of the molecule is COC(=O)[C@H]1C[C@@H]1COc1cc(NC(C(=O)N2CCc3cc(OC)c(C(F)(F)F)cc32)c2ccc(Cl)cc2)cc(OC)c1. The Morgan fingerprint density at radius 3 is 2.40 bits per heavy atom. The predicted octanol–water partition coefficient (Wildman–Crippen LogP) is 6.31. The Kier molecular flexibility index (Phi) is 8.64. The molecule has 1 saturated carbocycles. The fourth-order valence-electron chi connectivity index (χ4n) is 5.23. The number of alkyl halides is 3. The summed E-state index contributed by atoms with van der Waals surface area (Å²) in [7, 11) is 4.03. The molecule has 1 aliphatic heterocycles. The first kappa shape index (κ1) is 30.3. The third-order valence-electron chi connectivity index (χ3n) is 7.64. The minimum atomic E-state index is -4.67. The van der Waals surface area contributed by atoms with Gasteiger partial charge in [-0.1, -0.05) is 23.7 Å². The fourth-order valence-corrected chi connectivity index (χ4v) is 5.36. The van der Waals surface area contributed by atoms with Crippen LogP contribution in [0.2, 0.25) is 5.02 Å². The van der Waals surface area contributed by atoms with Crippen LogP contribution in [0.1, 0.15) is 29.2 Å². The van der Waals surface area contributed by atoms with E-state index in [1.165, 1.54) is 32.3 Å². The molecular formula is C31H30ClF3N2O6. The molecular weight excluding hydrogens is 589 g/mol. The van der Waals surface area contributed by atoms with Gasteiger partial charge in [0, 0.05) is 47.1 Å². The van der Waals surface area contributed by atoms with Crippen molar-refractivity contribution in [1.82, 2.24) is 0 Å². The van der Waals surface area contributed by atoms with Crippen molar-refractivity contribution in [3.63, 3.8) is 0 Å². The lowest BCUT2D eigenvalue weighted by molar-refractivity contribution is -0.142. The van der Waals surface area contributed by atoms with Gasteiger partial charge in [-0.05, 0) is 48.2 Å². The number of carbonyl (C=O) groups excluding carboxylic acids is 2. The van der Waals surface area contributed by atoms with Crippen LogP contribution >= 0.6 is 11.6 Å². The molecule has 228 valence electrons. The highest BCUT2D eigenvalue weighted by Crippen LogP contribution is 2.43. The summed E-state index contributed by atoms with van der Waals surface area (Å²) >= 11 is 6.11. The molecule has 3 atom stereocenters. The van der Waals surface area contributed by atoms with Gasteiger partial charge in [-0.15, -0.1) is 0 Å². The summed E-state index contributed by atoms with van der Waals surface area (Å²) in [5.41, 5.74) is 0.836. The molecule has 1 N–H and O–H groups in total. The Bertz CT molecular complexity index is 1510. The van der Waals surface area contributed by atoms with Gasteiger partial charge in [0.25, 0.3) is 5.91 Å². The largest absolute Gasteiger partial charge is 0.497 e. The highest BCUT2D eigenvalue weighted by molar-refractivity contribution is 6.30. The van der Waals surface area contributed by atoms with Crippen molar-refractivity contribution in [3.8, 4) is 17.2 Å². The van der Waals surface area contributed by atoms with Crippen LogP contribution in [0.25, 0.3) is 0 Å². The van der Waals surface area contributed by atoms with Crippen molar-refractivity contribution < 1.29 is 41.7 Å². The van der Waals surface area contributed by atoms with E-state index in [2.05, 4.69) is 5.32 Å². The number of halogens is 4. The highest BCUT2D eigenvalue weighted by Gasteiger charge is 2.44. The summed E-state index contributed by atoms with van der Waals surface area (Å²) in [4.78, 5) is 27.2. The summed E-state index contributed by atoms with van der Waals surface area (Å²) in [6, 6.07) is 13.0. The molecule has 12 heteroatoms.